The molecule has 0 bridgehead atoms. The van der Waals surface area contributed by atoms with Crippen LogP contribution in [0.1, 0.15) is 47.2 Å². The third-order valence-corrected chi connectivity index (χ3v) is 11.2. The van der Waals surface area contributed by atoms with Crippen molar-refractivity contribution in [3.05, 3.63) is 15.0 Å². The Morgan fingerprint density at radius 3 is 2.00 bits per heavy atom. The van der Waals surface area contributed by atoms with E-state index in [1.54, 1.807) is 11.3 Å². The summed E-state index contributed by atoms with van der Waals surface area (Å²) in [4.78, 5) is 4.42. The minimum absolute atomic E-state index is 0.625. The highest BCUT2D eigenvalue weighted by Crippen LogP contribution is 2.42. The molecule has 1 aromatic heterocycles. The molecule has 0 atom stereocenters. The van der Waals surface area contributed by atoms with Gasteiger partial charge < -0.3 is 4.43 Å². The maximum Gasteiger partial charge on any atom is 0.200 e. The topological polar surface area (TPSA) is 22.1 Å². The molecule has 0 unspecified atom stereocenters. The number of nitrogens with zero attached hydrogens (tertiary/aromatic N) is 1. The Kier molecular flexibility index (Phi) is 6.02. The Morgan fingerprint density at radius 1 is 1.17 bits per heavy atom. The van der Waals surface area contributed by atoms with Gasteiger partial charge >= 0.3 is 0 Å². The van der Waals surface area contributed by atoms with Gasteiger partial charge in [0.2, 0.25) is 8.32 Å². The average molecular weight is 350 g/mol. The van der Waals surface area contributed by atoms with Gasteiger partial charge in [0, 0.05) is 5.38 Å². The molecule has 18 heavy (non-hydrogen) atoms. The van der Waals surface area contributed by atoms with Gasteiger partial charge in [0.1, 0.15) is 0 Å². The van der Waals surface area contributed by atoms with Crippen molar-refractivity contribution >= 4 is 35.6 Å². The zero-order valence-corrected chi connectivity index (χ0v) is 15.6. The lowest BCUT2D eigenvalue weighted by molar-refractivity contribution is 0.262. The summed E-state index contributed by atoms with van der Waals surface area (Å²) in [5.41, 5.74) is 2.92. The maximum atomic E-state index is 6.48. The van der Waals surface area contributed by atoms with Crippen LogP contribution < -0.4 is 0 Å². The molecule has 0 fully saturated rings. The molecule has 0 amide bonds. The molecule has 0 saturated carbocycles. The van der Waals surface area contributed by atoms with Crippen molar-refractivity contribution in [1.82, 2.24) is 4.98 Å². The lowest BCUT2D eigenvalue weighted by atomic mass is 10.5. The van der Waals surface area contributed by atoms with E-state index in [1.807, 2.05) is 0 Å². The predicted octanol–water partition coefficient (Wildman–Crippen LogP) is 5.60. The van der Waals surface area contributed by atoms with Crippen LogP contribution in [-0.4, -0.2) is 13.3 Å². The molecule has 2 nitrogen and oxygen atoms in total. The molecule has 0 saturated heterocycles. The summed E-state index contributed by atoms with van der Waals surface area (Å²) in [6.45, 7) is 14.5. The van der Waals surface area contributed by atoms with Gasteiger partial charge in [0.05, 0.1) is 12.3 Å². The number of halogens is 1. The van der Waals surface area contributed by atoms with E-state index in [9.17, 15) is 0 Å². The van der Waals surface area contributed by atoms with E-state index in [-0.39, 0.29) is 0 Å². The quantitative estimate of drug-likeness (QED) is 0.623. The van der Waals surface area contributed by atoms with Crippen LogP contribution >= 0.6 is 27.3 Å². The van der Waals surface area contributed by atoms with Gasteiger partial charge in [-0.25, -0.2) is 4.98 Å². The fourth-order valence-electron chi connectivity index (χ4n) is 3.05. The van der Waals surface area contributed by atoms with E-state index in [2.05, 4.69) is 67.8 Å². The highest BCUT2D eigenvalue weighted by molar-refractivity contribution is 9.11. The monoisotopic (exact) mass is 349 g/mol. The molecular weight excluding hydrogens is 326 g/mol. The zero-order valence-electron chi connectivity index (χ0n) is 12.2. The number of rotatable bonds is 6. The molecule has 1 aromatic rings. The number of thiazole rings is 1. The van der Waals surface area contributed by atoms with Crippen molar-refractivity contribution in [2.45, 2.75) is 64.8 Å². The normalized spacial score (nSPS) is 13.0. The summed E-state index contributed by atoms with van der Waals surface area (Å²) in [7, 11) is -1.75. The Balaban J connectivity index is 2.85. The molecule has 0 aliphatic carbocycles. The molecule has 5 heteroatoms. The predicted molar refractivity (Wildman–Crippen MR) is 85.7 cm³/mol. The van der Waals surface area contributed by atoms with Crippen molar-refractivity contribution in [3.8, 4) is 0 Å². The third kappa shape index (κ3) is 3.44. The van der Waals surface area contributed by atoms with Gasteiger partial charge in [0.15, 0.2) is 3.92 Å². The van der Waals surface area contributed by atoms with Crippen molar-refractivity contribution in [3.63, 3.8) is 0 Å². The van der Waals surface area contributed by atoms with Crippen LogP contribution in [0.15, 0.2) is 9.30 Å². The van der Waals surface area contributed by atoms with Gasteiger partial charge in [-0.05, 0) is 32.6 Å². The first kappa shape index (κ1) is 16.3. The third-order valence-electron chi connectivity index (χ3n) is 3.70. The van der Waals surface area contributed by atoms with Crippen molar-refractivity contribution in [2.75, 3.05) is 0 Å². The van der Waals surface area contributed by atoms with Crippen LogP contribution in [-0.2, 0) is 11.0 Å². The van der Waals surface area contributed by atoms with Crippen LogP contribution in [0.25, 0.3) is 0 Å². The van der Waals surface area contributed by atoms with Crippen LogP contribution in [0, 0.1) is 0 Å². The van der Waals surface area contributed by atoms with E-state index < -0.39 is 8.32 Å². The average Bonchev–Trinajstić information content (AvgIpc) is 2.63. The highest BCUT2D eigenvalue weighted by atomic mass is 79.9. The van der Waals surface area contributed by atoms with Crippen LogP contribution in [0.4, 0.5) is 0 Å². The summed E-state index contributed by atoms with van der Waals surface area (Å²) in [5, 5.41) is 2.07. The lowest BCUT2D eigenvalue weighted by Gasteiger charge is -2.42. The van der Waals surface area contributed by atoms with Crippen molar-refractivity contribution in [1.29, 1.82) is 0 Å². The van der Waals surface area contributed by atoms with E-state index in [4.69, 9.17) is 4.43 Å². The first-order valence-electron chi connectivity index (χ1n) is 6.54. The molecule has 1 heterocycles. The summed E-state index contributed by atoms with van der Waals surface area (Å²) in [6, 6.07) is 0. The maximum absolute atomic E-state index is 6.48. The van der Waals surface area contributed by atoms with E-state index >= 15 is 0 Å². The summed E-state index contributed by atoms with van der Waals surface area (Å²) < 4.78 is 7.41. The standard InChI is InChI=1S/C13H24BrNOSSi/c1-9(2)18(10(3)4,11(5)6)16-7-12-8-17-13(14)15-12/h8-11H,7H2,1-6H3. The summed E-state index contributed by atoms with van der Waals surface area (Å²) in [6.07, 6.45) is 0. The fraction of sp³-hybridized carbons (Fsp3) is 0.769. The summed E-state index contributed by atoms with van der Waals surface area (Å²) >= 11 is 5.02. The van der Waals surface area contributed by atoms with Crippen LogP contribution in [0.2, 0.25) is 16.6 Å². The Hall–Kier alpha value is 0.287. The number of aromatic nitrogens is 1. The highest BCUT2D eigenvalue weighted by Gasteiger charge is 2.45. The first-order chi connectivity index (χ1) is 8.30. The number of hydrogen-bond acceptors (Lipinski definition) is 3. The Morgan fingerprint density at radius 2 is 1.67 bits per heavy atom. The molecule has 0 N–H and O–H groups in total. The van der Waals surface area contributed by atoms with Crippen molar-refractivity contribution in [2.24, 2.45) is 0 Å². The minimum atomic E-state index is -1.75. The van der Waals surface area contributed by atoms with Gasteiger partial charge in [-0.3, -0.25) is 0 Å². The number of hydrogen-bond donors (Lipinski definition) is 0. The molecule has 0 spiro atoms. The van der Waals surface area contributed by atoms with E-state index in [0.29, 0.717) is 23.2 Å². The largest absolute Gasteiger partial charge is 0.410 e. The molecular formula is C13H24BrNOSSi. The SMILES string of the molecule is CC(C)[Si](OCc1csc(Br)n1)(C(C)C)C(C)C. The van der Waals surface area contributed by atoms with Crippen LogP contribution in [0.5, 0.6) is 0 Å². The Labute approximate surface area is 124 Å². The second kappa shape index (κ2) is 6.64. The zero-order chi connectivity index (χ0) is 13.9. The molecule has 0 aliphatic heterocycles. The van der Waals surface area contributed by atoms with Crippen molar-refractivity contribution < 1.29 is 4.43 Å². The fourth-order valence-corrected chi connectivity index (χ4v) is 9.48. The first-order valence-corrected chi connectivity index (χ1v) is 10.4. The minimum Gasteiger partial charge on any atom is -0.410 e. The van der Waals surface area contributed by atoms with Gasteiger partial charge in [-0.15, -0.1) is 11.3 Å². The molecule has 0 aromatic carbocycles. The molecule has 104 valence electrons. The smallest absolute Gasteiger partial charge is 0.200 e. The molecule has 1 rings (SSSR count). The van der Waals surface area contributed by atoms with Gasteiger partial charge in [0.25, 0.3) is 0 Å². The summed E-state index contributed by atoms with van der Waals surface area (Å²) in [5.74, 6) is 0. The molecule has 0 radical (unpaired) electrons. The van der Waals surface area contributed by atoms with E-state index in [0.717, 1.165) is 9.61 Å². The molecule has 0 aliphatic rings. The Bertz CT molecular complexity index is 357. The second-order valence-electron chi connectivity index (χ2n) is 5.70. The second-order valence-corrected chi connectivity index (χ2v) is 13.3. The lowest BCUT2D eigenvalue weighted by Crippen LogP contribution is -2.47. The van der Waals surface area contributed by atoms with E-state index in [1.165, 1.54) is 0 Å². The van der Waals surface area contributed by atoms with Crippen LogP contribution in [0.3, 0.4) is 0 Å². The van der Waals surface area contributed by atoms with Gasteiger partial charge in [-0.2, -0.15) is 0 Å². The van der Waals surface area contributed by atoms with Gasteiger partial charge in [-0.1, -0.05) is 41.5 Å².